The first kappa shape index (κ1) is 16.4. The molecule has 1 N–H and O–H groups in total. The smallest absolute Gasteiger partial charge is 0.335 e. The first-order valence-corrected chi connectivity index (χ1v) is 7.73. The Labute approximate surface area is 120 Å². The molecule has 0 bridgehead atoms. The van der Waals surface area contributed by atoms with E-state index >= 15 is 0 Å². The van der Waals surface area contributed by atoms with E-state index in [4.69, 9.17) is 9.84 Å². The molecule has 20 heavy (non-hydrogen) atoms. The maximum absolute atomic E-state index is 12.2. The van der Waals surface area contributed by atoms with Gasteiger partial charge in [0.05, 0.1) is 12.2 Å². The van der Waals surface area contributed by atoms with Crippen molar-refractivity contribution in [1.29, 1.82) is 0 Å². The number of carbonyl (C=O) groups is 2. The number of esters is 1. The summed E-state index contributed by atoms with van der Waals surface area (Å²) in [5.41, 5.74) is 0.773. The molecule has 5 nitrogen and oxygen atoms in total. The largest absolute Gasteiger partial charge is 0.478 e. The molecule has 1 rings (SSSR count). The predicted octanol–water partition coefficient (Wildman–Crippen LogP) is 1.98. The predicted molar refractivity (Wildman–Crippen MR) is 76.0 cm³/mol. The maximum Gasteiger partial charge on any atom is 0.335 e. The topological polar surface area (TPSA) is 80.7 Å². The van der Waals surface area contributed by atoms with Crippen LogP contribution < -0.4 is 0 Å². The van der Waals surface area contributed by atoms with Crippen LogP contribution in [0.3, 0.4) is 0 Å². The molecule has 0 amide bonds. The summed E-state index contributed by atoms with van der Waals surface area (Å²) in [4.78, 5) is 22.5. The van der Waals surface area contributed by atoms with Crippen LogP contribution in [0.5, 0.6) is 0 Å². The molecule has 1 aromatic rings. The number of rotatable bonds is 7. The zero-order chi connectivity index (χ0) is 15.1. The van der Waals surface area contributed by atoms with E-state index in [2.05, 4.69) is 0 Å². The van der Waals surface area contributed by atoms with Gasteiger partial charge < -0.3 is 9.84 Å². The van der Waals surface area contributed by atoms with Gasteiger partial charge in [0.15, 0.2) is 0 Å². The van der Waals surface area contributed by atoms with E-state index in [0.717, 1.165) is 0 Å². The summed E-state index contributed by atoms with van der Waals surface area (Å²) < 4.78 is 17.1. The summed E-state index contributed by atoms with van der Waals surface area (Å²) in [6.45, 7) is 3.72. The summed E-state index contributed by atoms with van der Waals surface area (Å²) in [5, 5.41) is 8.23. The minimum Gasteiger partial charge on any atom is -0.478 e. The third-order valence-corrected chi connectivity index (χ3v) is 4.50. The highest BCUT2D eigenvalue weighted by molar-refractivity contribution is 7.85. The van der Waals surface area contributed by atoms with Gasteiger partial charge in [-0.1, -0.05) is 19.1 Å². The quantitative estimate of drug-likeness (QED) is 0.778. The highest BCUT2D eigenvalue weighted by atomic mass is 32.2. The van der Waals surface area contributed by atoms with Gasteiger partial charge >= 0.3 is 11.9 Å². The van der Waals surface area contributed by atoms with Crippen molar-refractivity contribution >= 4 is 22.7 Å². The van der Waals surface area contributed by atoms with Crippen LogP contribution in [0.15, 0.2) is 24.3 Å². The van der Waals surface area contributed by atoms with E-state index < -0.39 is 28.0 Å². The highest BCUT2D eigenvalue weighted by Crippen LogP contribution is 2.13. The Morgan fingerprint density at radius 3 is 2.60 bits per heavy atom. The van der Waals surface area contributed by atoms with Crippen LogP contribution in [0.2, 0.25) is 0 Å². The van der Waals surface area contributed by atoms with Crippen molar-refractivity contribution in [3.05, 3.63) is 35.4 Å². The minimum atomic E-state index is -1.43. The molecule has 0 aromatic heterocycles. The van der Waals surface area contributed by atoms with E-state index in [1.807, 2.05) is 0 Å². The van der Waals surface area contributed by atoms with E-state index in [1.165, 1.54) is 12.1 Å². The molecule has 6 heteroatoms. The Balaban J connectivity index is 2.80. The van der Waals surface area contributed by atoms with Crippen LogP contribution in [0, 0.1) is 0 Å². The fraction of sp³-hybridized carbons (Fsp3) is 0.429. The number of carbonyl (C=O) groups excluding carboxylic acids is 1. The van der Waals surface area contributed by atoms with Crippen molar-refractivity contribution in [2.24, 2.45) is 0 Å². The van der Waals surface area contributed by atoms with Gasteiger partial charge in [-0.15, -0.1) is 0 Å². The van der Waals surface area contributed by atoms with Gasteiger partial charge in [-0.25, -0.2) is 4.79 Å². The van der Waals surface area contributed by atoms with Crippen molar-refractivity contribution in [2.75, 3.05) is 6.61 Å². The summed E-state index contributed by atoms with van der Waals surface area (Å²) in [5.74, 6) is -1.36. The second kappa shape index (κ2) is 7.79. The van der Waals surface area contributed by atoms with Gasteiger partial charge in [0.2, 0.25) is 0 Å². The van der Waals surface area contributed by atoms with Gasteiger partial charge in [-0.3, -0.25) is 9.00 Å². The maximum atomic E-state index is 12.2. The Morgan fingerprint density at radius 2 is 2.05 bits per heavy atom. The highest BCUT2D eigenvalue weighted by Gasteiger charge is 2.24. The molecule has 2 unspecified atom stereocenters. The van der Waals surface area contributed by atoms with E-state index in [-0.39, 0.29) is 17.9 Å². The number of aromatic carboxylic acids is 1. The number of hydrogen-bond acceptors (Lipinski definition) is 4. The van der Waals surface area contributed by atoms with Crippen LogP contribution in [0.4, 0.5) is 0 Å². The lowest BCUT2D eigenvalue weighted by atomic mass is 10.1. The Morgan fingerprint density at radius 1 is 1.35 bits per heavy atom. The SMILES string of the molecule is CCOC(=O)C(CC)S(=O)Cc1cccc(C(=O)O)c1. The molecule has 0 aliphatic rings. The van der Waals surface area contributed by atoms with Gasteiger partial charge in [-0.2, -0.15) is 0 Å². The van der Waals surface area contributed by atoms with Crippen LogP contribution in [-0.2, 0) is 26.1 Å². The molecule has 0 spiro atoms. The number of ether oxygens (including phenoxy) is 1. The molecule has 110 valence electrons. The monoisotopic (exact) mass is 298 g/mol. The van der Waals surface area contributed by atoms with Crippen LogP contribution in [-0.4, -0.2) is 33.1 Å². The lowest BCUT2D eigenvalue weighted by molar-refractivity contribution is -0.142. The summed E-state index contributed by atoms with van der Waals surface area (Å²) in [6.07, 6.45) is 0.421. The van der Waals surface area contributed by atoms with E-state index in [0.29, 0.717) is 12.0 Å². The lowest BCUT2D eigenvalue weighted by Crippen LogP contribution is -2.28. The van der Waals surface area contributed by atoms with Crippen molar-refractivity contribution in [1.82, 2.24) is 0 Å². The van der Waals surface area contributed by atoms with Crippen LogP contribution in [0.1, 0.15) is 36.2 Å². The Hall–Kier alpha value is -1.69. The fourth-order valence-electron chi connectivity index (χ4n) is 1.75. The lowest BCUT2D eigenvalue weighted by Gasteiger charge is -2.13. The Bertz CT molecular complexity index is 512. The molecular formula is C14H18O5S. The van der Waals surface area contributed by atoms with Gasteiger partial charge in [0.25, 0.3) is 0 Å². The summed E-state index contributed by atoms with van der Waals surface area (Å²) in [7, 11) is -1.43. The molecule has 2 atom stereocenters. The van der Waals surface area contributed by atoms with Gasteiger partial charge in [0, 0.05) is 16.6 Å². The van der Waals surface area contributed by atoms with Crippen LogP contribution in [0.25, 0.3) is 0 Å². The molecule has 0 aliphatic heterocycles. The van der Waals surface area contributed by atoms with Gasteiger partial charge in [-0.05, 0) is 31.0 Å². The third kappa shape index (κ3) is 4.45. The second-order valence-corrected chi connectivity index (χ2v) is 5.80. The molecule has 0 fully saturated rings. The molecule has 1 aromatic carbocycles. The third-order valence-electron chi connectivity index (χ3n) is 2.72. The first-order valence-electron chi connectivity index (χ1n) is 6.35. The molecule has 0 radical (unpaired) electrons. The van der Waals surface area contributed by atoms with Crippen molar-refractivity contribution in [3.63, 3.8) is 0 Å². The van der Waals surface area contributed by atoms with E-state index in [9.17, 15) is 13.8 Å². The van der Waals surface area contributed by atoms with E-state index in [1.54, 1.807) is 26.0 Å². The summed E-state index contributed by atoms with van der Waals surface area (Å²) in [6, 6.07) is 6.24. The summed E-state index contributed by atoms with van der Waals surface area (Å²) >= 11 is 0. The number of benzene rings is 1. The molecule has 0 heterocycles. The van der Waals surface area contributed by atoms with Gasteiger partial charge in [0.1, 0.15) is 5.25 Å². The molecular weight excluding hydrogens is 280 g/mol. The normalized spacial score (nSPS) is 13.5. The zero-order valence-corrected chi connectivity index (χ0v) is 12.3. The average Bonchev–Trinajstić information content (AvgIpc) is 2.40. The van der Waals surface area contributed by atoms with Crippen molar-refractivity contribution in [2.45, 2.75) is 31.3 Å². The standard InChI is InChI=1S/C14H18O5S/c1-3-12(14(17)19-4-2)20(18)9-10-6-5-7-11(8-10)13(15)16/h5-8,12H,3-4,9H2,1-2H3,(H,15,16). The number of carboxylic acid groups (broad SMARTS) is 1. The number of hydrogen-bond donors (Lipinski definition) is 1. The fourth-order valence-corrected chi connectivity index (χ4v) is 3.12. The molecule has 0 aliphatic carbocycles. The number of carboxylic acids is 1. The first-order chi connectivity index (χ1) is 9.49. The van der Waals surface area contributed by atoms with Crippen LogP contribution >= 0.6 is 0 Å². The van der Waals surface area contributed by atoms with Crippen molar-refractivity contribution < 1.29 is 23.6 Å². The molecule has 0 saturated carbocycles. The molecule has 0 saturated heterocycles. The zero-order valence-electron chi connectivity index (χ0n) is 11.5. The average molecular weight is 298 g/mol. The van der Waals surface area contributed by atoms with Crippen molar-refractivity contribution in [3.8, 4) is 0 Å². The minimum absolute atomic E-state index is 0.137. The second-order valence-electron chi connectivity index (χ2n) is 4.18. The Kier molecular flexibility index (Phi) is 6.38.